The predicted octanol–water partition coefficient (Wildman–Crippen LogP) is 3.81. The van der Waals surface area contributed by atoms with Crippen molar-refractivity contribution in [1.29, 1.82) is 0 Å². The topological polar surface area (TPSA) is 32.3 Å². The molecule has 1 heterocycles. The zero-order valence-corrected chi connectivity index (χ0v) is 13.8. The van der Waals surface area contributed by atoms with Crippen LogP contribution < -0.4 is 5.32 Å². The van der Waals surface area contributed by atoms with E-state index in [2.05, 4.69) is 50.0 Å². The molecule has 1 fully saturated rings. The Labute approximate surface area is 128 Å². The van der Waals surface area contributed by atoms with Crippen molar-refractivity contribution in [3.8, 4) is 0 Å². The van der Waals surface area contributed by atoms with Gasteiger partial charge in [-0.15, -0.1) is 0 Å². The van der Waals surface area contributed by atoms with Crippen molar-refractivity contribution >= 4 is 11.6 Å². The van der Waals surface area contributed by atoms with Gasteiger partial charge in [0.25, 0.3) is 0 Å². The van der Waals surface area contributed by atoms with Crippen LogP contribution in [-0.4, -0.2) is 29.9 Å². The average molecular weight is 288 g/mol. The number of nitrogens with zero attached hydrogens (tertiary/aromatic N) is 1. The maximum absolute atomic E-state index is 12.4. The first kappa shape index (κ1) is 16.0. The Kier molecular flexibility index (Phi) is 5.40. The number of rotatable bonds is 4. The fourth-order valence-corrected chi connectivity index (χ4v) is 3.47. The number of benzene rings is 1. The van der Waals surface area contributed by atoms with Crippen LogP contribution in [0.3, 0.4) is 0 Å². The van der Waals surface area contributed by atoms with Crippen molar-refractivity contribution in [2.24, 2.45) is 0 Å². The van der Waals surface area contributed by atoms with Gasteiger partial charge in [-0.2, -0.15) is 0 Å². The zero-order valence-electron chi connectivity index (χ0n) is 13.8. The molecular formula is C18H28N2O. The first-order chi connectivity index (χ1) is 10.0. The number of piperidine rings is 1. The lowest BCUT2D eigenvalue weighted by Gasteiger charge is -2.34. The van der Waals surface area contributed by atoms with Crippen LogP contribution in [0.15, 0.2) is 12.1 Å². The zero-order chi connectivity index (χ0) is 15.4. The maximum Gasteiger partial charge on any atom is 0.238 e. The summed E-state index contributed by atoms with van der Waals surface area (Å²) in [6.45, 7) is 10.0. The van der Waals surface area contributed by atoms with Gasteiger partial charge in [0.2, 0.25) is 5.91 Å². The van der Waals surface area contributed by atoms with Gasteiger partial charge >= 0.3 is 0 Å². The van der Waals surface area contributed by atoms with Gasteiger partial charge in [-0.3, -0.25) is 9.69 Å². The van der Waals surface area contributed by atoms with Gasteiger partial charge in [-0.05, 0) is 57.7 Å². The SMILES string of the molecule is CCC1CCCCN1CC(=O)Nc1c(C)cc(C)cc1C. The summed E-state index contributed by atoms with van der Waals surface area (Å²) in [5.41, 5.74) is 4.51. The molecule has 2 rings (SSSR count). The molecule has 0 aliphatic carbocycles. The Morgan fingerprint density at radius 1 is 1.24 bits per heavy atom. The molecule has 1 aliphatic heterocycles. The smallest absolute Gasteiger partial charge is 0.238 e. The number of anilines is 1. The van der Waals surface area contributed by atoms with E-state index in [-0.39, 0.29) is 5.91 Å². The van der Waals surface area contributed by atoms with E-state index in [1.165, 1.54) is 24.8 Å². The van der Waals surface area contributed by atoms with E-state index < -0.39 is 0 Å². The van der Waals surface area contributed by atoms with E-state index in [1.807, 2.05) is 0 Å². The van der Waals surface area contributed by atoms with Crippen LogP contribution in [0.2, 0.25) is 0 Å². The van der Waals surface area contributed by atoms with Gasteiger partial charge in [0, 0.05) is 11.7 Å². The molecule has 3 heteroatoms. The third-order valence-electron chi connectivity index (χ3n) is 4.51. The summed E-state index contributed by atoms with van der Waals surface area (Å²) in [5, 5.41) is 3.12. The van der Waals surface area contributed by atoms with Crippen LogP contribution in [0, 0.1) is 20.8 Å². The molecule has 1 aliphatic rings. The number of carbonyl (C=O) groups excluding carboxylic acids is 1. The number of nitrogens with one attached hydrogen (secondary N) is 1. The van der Waals surface area contributed by atoms with Crippen molar-refractivity contribution in [1.82, 2.24) is 4.90 Å². The summed E-state index contributed by atoms with van der Waals surface area (Å²) in [5.74, 6) is 0.116. The monoisotopic (exact) mass is 288 g/mol. The number of carbonyl (C=O) groups is 1. The van der Waals surface area contributed by atoms with Crippen molar-refractivity contribution in [2.75, 3.05) is 18.4 Å². The minimum atomic E-state index is 0.116. The Morgan fingerprint density at radius 3 is 2.52 bits per heavy atom. The second-order valence-electron chi connectivity index (χ2n) is 6.35. The summed E-state index contributed by atoms with van der Waals surface area (Å²) >= 11 is 0. The standard InChI is InChI=1S/C18H28N2O/c1-5-16-8-6-7-9-20(16)12-17(21)19-18-14(3)10-13(2)11-15(18)4/h10-11,16H,5-9,12H2,1-4H3,(H,19,21). The largest absolute Gasteiger partial charge is 0.324 e. The van der Waals surface area contributed by atoms with Gasteiger partial charge in [0.05, 0.1) is 6.54 Å². The fourth-order valence-electron chi connectivity index (χ4n) is 3.47. The number of hydrogen-bond donors (Lipinski definition) is 1. The van der Waals surface area contributed by atoms with E-state index in [9.17, 15) is 4.79 Å². The van der Waals surface area contributed by atoms with Crippen LogP contribution in [0.25, 0.3) is 0 Å². The van der Waals surface area contributed by atoms with Gasteiger partial charge < -0.3 is 5.32 Å². The van der Waals surface area contributed by atoms with Crippen LogP contribution >= 0.6 is 0 Å². The van der Waals surface area contributed by atoms with E-state index in [0.717, 1.165) is 29.8 Å². The fraction of sp³-hybridized carbons (Fsp3) is 0.611. The van der Waals surface area contributed by atoms with E-state index >= 15 is 0 Å². The molecule has 1 amide bonds. The number of amides is 1. The summed E-state index contributed by atoms with van der Waals surface area (Å²) in [6, 6.07) is 4.82. The van der Waals surface area contributed by atoms with Gasteiger partial charge in [-0.25, -0.2) is 0 Å². The van der Waals surface area contributed by atoms with Crippen molar-refractivity contribution in [2.45, 2.75) is 59.4 Å². The Morgan fingerprint density at radius 2 is 1.90 bits per heavy atom. The van der Waals surface area contributed by atoms with Crippen LogP contribution in [0.4, 0.5) is 5.69 Å². The van der Waals surface area contributed by atoms with E-state index in [1.54, 1.807) is 0 Å². The molecule has 1 aromatic rings. The Balaban J connectivity index is 2.01. The maximum atomic E-state index is 12.4. The highest BCUT2D eigenvalue weighted by Gasteiger charge is 2.23. The third-order valence-corrected chi connectivity index (χ3v) is 4.51. The average Bonchev–Trinajstić information content (AvgIpc) is 2.43. The van der Waals surface area contributed by atoms with Gasteiger partial charge in [0.15, 0.2) is 0 Å². The minimum Gasteiger partial charge on any atom is -0.324 e. The lowest BCUT2D eigenvalue weighted by Crippen LogP contribution is -2.43. The van der Waals surface area contributed by atoms with Crippen LogP contribution in [0.1, 0.15) is 49.3 Å². The quantitative estimate of drug-likeness (QED) is 0.913. The highest BCUT2D eigenvalue weighted by atomic mass is 16.2. The molecule has 116 valence electrons. The third kappa shape index (κ3) is 4.07. The molecule has 1 unspecified atom stereocenters. The summed E-state index contributed by atoms with van der Waals surface area (Å²) in [6.07, 6.45) is 4.88. The van der Waals surface area contributed by atoms with Crippen molar-refractivity contribution in [3.05, 3.63) is 28.8 Å². The molecule has 1 atom stereocenters. The second kappa shape index (κ2) is 7.08. The summed E-state index contributed by atoms with van der Waals surface area (Å²) in [4.78, 5) is 14.7. The second-order valence-corrected chi connectivity index (χ2v) is 6.35. The van der Waals surface area contributed by atoms with Crippen molar-refractivity contribution < 1.29 is 4.79 Å². The molecule has 0 saturated carbocycles. The Hall–Kier alpha value is -1.35. The first-order valence-corrected chi connectivity index (χ1v) is 8.13. The first-order valence-electron chi connectivity index (χ1n) is 8.13. The molecule has 3 nitrogen and oxygen atoms in total. The molecule has 0 bridgehead atoms. The lowest BCUT2D eigenvalue weighted by molar-refractivity contribution is -0.118. The molecule has 1 aromatic carbocycles. The molecule has 0 aromatic heterocycles. The number of aryl methyl sites for hydroxylation is 3. The van der Waals surface area contributed by atoms with Gasteiger partial charge in [-0.1, -0.05) is 31.0 Å². The Bertz CT molecular complexity index is 487. The van der Waals surface area contributed by atoms with E-state index in [0.29, 0.717) is 12.6 Å². The summed E-state index contributed by atoms with van der Waals surface area (Å²) in [7, 11) is 0. The molecule has 1 N–H and O–H groups in total. The highest BCUT2D eigenvalue weighted by Crippen LogP contribution is 2.23. The predicted molar refractivity (Wildman–Crippen MR) is 88.8 cm³/mol. The normalized spacial score (nSPS) is 19.5. The number of likely N-dealkylation sites (tertiary alicyclic amines) is 1. The molecule has 21 heavy (non-hydrogen) atoms. The number of hydrogen-bond acceptors (Lipinski definition) is 2. The highest BCUT2D eigenvalue weighted by molar-refractivity contribution is 5.93. The van der Waals surface area contributed by atoms with Crippen LogP contribution in [-0.2, 0) is 4.79 Å². The van der Waals surface area contributed by atoms with E-state index in [4.69, 9.17) is 0 Å². The molecule has 0 radical (unpaired) electrons. The molecule has 1 saturated heterocycles. The molecule has 0 spiro atoms. The lowest BCUT2D eigenvalue weighted by atomic mass is 10.00. The minimum absolute atomic E-state index is 0.116. The molecular weight excluding hydrogens is 260 g/mol. The van der Waals surface area contributed by atoms with Gasteiger partial charge in [0.1, 0.15) is 0 Å². The summed E-state index contributed by atoms with van der Waals surface area (Å²) < 4.78 is 0. The van der Waals surface area contributed by atoms with Crippen LogP contribution in [0.5, 0.6) is 0 Å². The van der Waals surface area contributed by atoms with Crippen molar-refractivity contribution in [3.63, 3.8) is 0 Å².